The van der Waals surface area contributed by atoms with E-state index in [4.69, 9.17) is 4.74 Å². The van der Waals surface area contributed by atoms with Gasteiger partial charge >= 0.3 is 11.9 Å². The Hall–Kier alpha value is -3.44. The average molecular weight is 541 g/mol. The first-order valence-corrected chi connectivity index (χ1v) is 13.3. The number of morpholine rings is 1. The molecule has 6 rings (SSSR count). The second-order valence-corrected chi connectivity index (χ2v) is 10.8. The molecule has 0 N–H and O–H groups in total. The number of ether oxygens (including phenoxy) is 1. The van der Waals surface area contributed by atoms with Crippen molar-refractivity contribution >= 4 is 5.52 Å². The zero-order valence-electron chi connectivity index (χ0n) is 21.9. The van der Waals surface area contributed by atoms with Crippen molar-refractivity contribution < 1.29 is 17.9 Å². The van der Waals surface area contributed by atoms with Crippen LogP contribution in [0.2, 0.25) is 0 Å². The maximum absolute atomic E-state index is 14.2. The summed E-state index contributed by atoms with van der Waals surface area (Å²) in [5.41, 5.74) is 0.395. The summed E-state index contributed by atoms with van der Waals surface area (Å²) in [6.07, 6.45) is 3.18. The molecule has 1 saturated heterocycles. The second kappa shape index (κ2) is 9.95. The van der Waals surface area contributed by atoms with Gasteiger partial charge in [-0.3, -0.25) is 13.9 Å². The molecule has 11 heteroatoms. The molecule has 0 amide bonds. The van der Waals surface area contributed by atoms with E-state index in [0.717, 1.165) is 41.1 Å². The molecule has 1 aliphatic heterocycles. The number of aromatic nitrogens is 5. The molecule has 3 aromatic heterocycles. The van der Waals surface area contributed by atoms with Crippen LogP contribution < -0.4 is 5.69 Å². The van der Waals surface area contributed by atoms with Crippen LogP contribution in [0.25, 0.3) is 11.2 Å². The molecule has 39 heavy (non-hydrogen) atoms. The van der Waals surface area contributed by atoms with Gasteiger partial charge in [0.15, 0.2) is 0 Å². The van der Waals surface area contributed by atoms with Gasteiger partial charge in [-0.25, -0.2) is 4.79 Å². The quantitative estimate of drug-likeness (QED) is 0.363. The van der Waals surface area contributed by atoms with Gasteiger partial charge in [-0.2, -0.15) is 13.2 Å². The van der Waals surface area contributed by atoms with E-state index in [0.29, 0.717) is 43.4 Å². The van der Waals surface area contributed by atoms with Gasteiger partial charge in [-0.05, 0) is 55.0 Å². The van der Waals surface area contributed by atoms with E-state index in [2.05, 4.69) is 10.2 Å². The SMILES string of the molecule is C[C@@H]1CN(Cc2cc(C(F)(F)F)c3cn(-c4cccc(C(c5nncn5C)C5CCC5)c4)c(=O)n3c2)CCO1. The Morgan fingerprint density at radius 1 is 1.18 bits per heavy atom. The van der Waals surface area contributed by atoms with Gasteiger partial charge < -0.3 is 9.30 Å². The molecule has 4 aromatic rings. The van der Waals surface area contributed by atoms with Gasteiger partial charge in [0.1, 0.15) is 12.2 Å². The normalized spacial score (nSPS) is 19.9. The number of alkyl halides is 3. The van der Waals surface area contributed by atoms with Crippen molar-refractivity contribution in [3.63, 3.8) is 0 Å². The highest BCUT2D eigenvalue weighted by atomic mass is 19.4. The lowest BCUT2D eigenvalue weighted by molar-refractivity contribution is -0.136. The summed E-state index contributed by atoms with van der Waals surface area (Å²) in [5.74, 6) is 1.23. The van der Waals surface area contributed by atoms with Crippen LogP contribution in [-0.4, -0.2) is 54.4 Å². The van der Waals surface area contributed by atoms with Crippen LogP contribution in [0, 0.1) is 5.92 Å². The second-order valence-electron chi connectivity index (χ2n) is 10.8. The first-order chi connectivity index (χ1) is 18.7. The number of hydrogen-bond donors (Lipinski definition) is 0. The van der Waals surface area contributed by atoms with Gasteiger partial charge in [0, 0.05) is 45.0 Å². The van der Waals surface area contributed by atoms with E-state index < -0.39 is 17.4 Å². The van der Waals surface area contributed by atoms with Crippen molar-refractivity contribution in [2.24, 2.45) is 13.0 Å². The molecule has 1 aliphatic carbocycles. The van der Waals surface area contributed by atoms with E-state index in [1.165, 1.54) is 17.0 Å². The van der Waals surface area contributed by atoms with Gasteiger partial charge in [-0.15, -0.1) is 10.2 Å². The first kappa shape index (κ1) is 25.8. The fourth-order valence-electron chi connectivity index (χ4n) is 5.88. The minimum Gasteiger partial charge on any atom is -0.376 e. The van der Waals surface area contributed by atoms with E-state index in [1.54, 1.807) is 12.4 Å². The Labute approximate surface area is 223 Å². The highest BCUT2D eigenvalue weighted by Crippen LogP contribution is 2.43. The van der Waals surface area contributed by atoms with Crippen LogP contribution in [0.15, 0.2) is 53.8 Å². The molecule has 1 saturated carbocycles. The van der Waals surface area contributed by atoms with Gasteiger partial charge in [-0.1, -0.05) is 18.6 Å². The van der Waals surface area contributed by atoms with Crippen LogP contribution in [-0.2, 0) is 24.5 Å². The summed E-state index contributed by atoms with van der Waals surface area (Å²) in [6, 6.07) is 8.64. The van der Waals surface area contributed by atoms with E-state index >= 15 is 0 Å². The van der Waals surface area contributed by atoms with E-state index in [1.807, 2.05) is 41.6 Å². The number of fused-ring (bicyclic) bond motifs is 1. The maximum atomic E-state index is 14.2. The molecule has 1 unspecified atom stereocenters. The molecule has 2 aliphatic rings. The van der Waals surface area contributed by atoms with Gasteiger partial charge in [0.05, 0.1) is 29.5 Å². The van der Waals surface area contributed by atoms with Crippen LogP contribution in [0.4, 0.5) is 13.2 Å². The summed E-state index contributed by atoms with van der Waals surface area (Å²) in [4.78, 5) is 15.6. The highest BCUT2D eigenvalue weighted by Gasteiger charge is 2.35. The minimum absolute atomic E-state index is 0.00552. The first-order valence-electron chi connectivity index (χ1n) is 13.3. The van der Waals surface area contributed by atoms with Gasteiger partial charge in [0.25, 0.3) is 0 Å². The lowest BCUT2D eigenvalue weighted by Crippen LogP contribution is -2.40. The molecule has 0 spiro atoms. The molecule has 1 aromatic carbocycles. The molecule has 206 valence electrons. The average Bonchev–Trinajstić information content (AvgIpc) is 3.43. The summed E-state index contributed by atoms with van der Waals surface area (Å²) < 4.78 is 52.5. The Morgan fingerprint density at radius 2 is 2.00 bits per heavy atom. The van der Waals surface area contributed by atoms with Crippen LogP contribution in [0.5, 0.6) is 0 Å². The number of pyridine rings is 1. The monoisotopic (exact) mass is 540 g/mol. The zero-order chi connectivity index (χ0) is 27.3. The molecule has 2 fully saturated rings. The van der Waals surface area contributed by atoms with Crippen molar-refractivity contribution in [2.75, 3.05) is 19.7 Å². The highest BCUT2D eigenvalue weighted by molar-refractivity contribution is 5.58. The van der Waals surface area contributed by atoms with Crippen molar-refractivity contribution in [3.05, 3.63) is 82.1 Å². The topological polar surface area (TPSA) is 69.6 Å². The Balaban J connectivity index is 1.42. The lowest BCUT2D eigenvalue weighted by Gasteiger charge is -2.33. The maximum Gasteiger partial charge on any atom is 0.418 e. The lowest BCUT2D eigenvalue weighted by atomic mass is 9.72. The van der Waals surface area contributed by atoms with Crippen molar-refractivity contribution in [2.45, 2.75) is 50.9 Å². The Morgan fingerprint density at radius 3 is 2.67 bits per heavy atom. The predicted molar refractivity (Wildman–Crippen MR) is 139 cm³/mol. The number of aryl methyl sites for hydroxylation is 1. The van der Waals surface area contributed by atoms with E-state index in [9.17, 15) is 18.0 Å². The molecular weight excluding hydrogens is 509 g/mol. The third-order valence-corrected chi connectivity index (χ3v) is 8.01. The standard InChI is InChI=1S/C28H31F3N6O2/c1-18-13-35(9-10-39-18)14-19-11-23(28(29,30)31)24-16-36(27(38)37(24)15-19)22-8-4-7-21(12-22)25(20-5-3-6-20)26-33-32-17-34(26)2/h4,7-8,11-12,15-18,20,25H,3,5-6,9-10,13-14H2,1-2H3/t18-,25?/m1/s1. The molecule has 8 nitrogen and oxygen atoms in total. The van der Waals surface area contributed by atoms with Crippen molar-refractivity contribution in [1.82, 2.24) is 28.6 Å². The molecule has 0 radical (unpaired) electrons. The van der Waals surface area contributed by atoms with Crippen molar-refractivity contribution in [1.29, 1.82) is 0 Å². The van der Waals surface area contributed by atoms with Gasteiger partial charge in [0.2, 0.25) is 0 Å². The Bertz CT molecular complexity index is 1550. The number of halogens is 3. The summed E-state index contributed by atoms with van der Waals surface area (Å²) in [6.45, 7) is 4.02. The summed E-state index contributed by atoms with van der Waals surface area (Å²) >= 11 is 0. The fraction of sp³-hybridized carbons (Fsp3) is 0.464. The number of imidazole rings is 1. The molecule has 2 atom stereocenters. The molecule has 4 heterocycles. The van der Waals surface area contributed by atoms with Crippen LogP contribution in [0.3, 0.4) is 0 Å². The van der Waals surface area contributed by atoms with Crippen LogP contribution in [0.1, 0.15) is 54.6 Å². The minimum atomic E-state index is -4.61. The Kier molecular flexibility index (Phi) is 6.58. The summed E-state index contributed by atoms with van der Waals surface area (Å²) in [7, 11) is 1.91. The summed E-state index contributed by atoms with van der Waals surface area (Å²) in [5, 5.41) is 8.41. The third-order valence-electron chi connectivity index (χ3n) is 8.01. The number of benzene rings is 1. The number of nitrogens with zero attached hydrogens (tertiary/aromatic N) is 6. The predicted octanol–water partition coefficient (Wildman–Crippen LogP) is 4.39. The molecular formula is C28H31F3N6O2. The fourth-order valence-corrected chi connectivity index (χ4v) is 5.88. The molecule has 0 bridgehead atoms. The van der Waals surface area contributed by atoms with E-state index in [-0.39, 0.29) is 17.5 Å². The van der Waals surface area contributed by atoms with Crippen molar-refractivity contribution in [3.8, 4) is 5.69 Å². The number of rotatable bonds is 6. The third kappa shape index (κ3) is 4.89. The van der Waals surface area contributed by atoms with Crippen LogP contribution >= 0.6 is 0 Å². The number of hydrogen-bond acceptors (Lipinski definition) is 5. The smallest absolute Gasteiger partial charge is 0.376 e. The zero-order valence-corrected chi connectivity index (χ0v) is 21.9. The largest absolute Gasteiger partial charge is 0.418 e.